The van der Waals surface area contributed by atoms with E-state index in [1.54, 1.807) is 6.20 Å². The third-order valence-electron chi connectivity index (χ3n) is 1.96. The van der Waals surface area contributed by atoms with Gasteiger partial charge in [-0.3, -0.25) is 4.79 Å². The van der Waals surface area contributed by atoms with Crippen LogP contribution >= 0.6 is 11.3 Å². The fourth-order valence-corrected chi connectivity index (χ4v) is 1.88. The second-order valence-corrected chi connectivity index (χ2v) is 4.11. The summed E-state index contributed by atoms with van der Waals surface area (Å²) in [6.45, 7) is 3.30. The van der Waals surface area contributed by atoms with Crippen LogP contribution in [0.3, 0.4) is 0 Å². The van der Waals surface area contributed by atoms with Gasteiger partial charge in [0.15, 0.2) is 0 Å². The van der Waals surface area contributed by atoms with Crippen LogP contribution in [0.2, 0.25) is 0 Å². The minimum Gasteiger partial charge on any atom is -0.345 e. The van der Waals surface area contributed by atoms with E-state index < -0.39 is 0 Å². The van der Waals surface area contributed by atoms with E-state index in [2.05, 4.69) is 20.3 Å². The number of rotatable bonds is 4. The number of nitrogens with one attached hydrogen (secondary N) is 3. The number of hydrogen-bond donors (Lipinski definition) is 3. The van der Waals surface area contributed by atoms with Crippen LogP contribution in [0.5, 0.6) is 0 Å². The van der Waals surface area contributed by atoms with Crippen molar-refractivity contribution in [3.8, 4) is 0 Å². The molecule has 0 atom stereocenters. The molecule has 0 aliphatic carbocycles. The highest BCUT2D eigenvalue weighted by Crippen LogP contribution is 1.97. The van der Waals surface area contributed by atoms with Crippen molar-refractivity contribution in [2.24, 2.45) is 0 Å². The molecule has 0 spiro atoms. The number of hydrogen-bond acceptors (Lipinski definition) is 4. The Hall–Kier alpha value is -1.40. The third-order valence-corrected chi connectivity index (χ3v) is 2.68. The smallest absolute Gasteiger partial charge is 0.304 e. The van der Waals surface area contributed by atoms with E-state index in [4.69, 9.17) is 0 Å². The molecule has 0 aliphatic rings. The van der Waals surface area contributed by atoms with Gasteiger partial charge in [-0.15, -0.1) is 0 Å². The summed E-state index contributed by atoms with van der Waals surface area (Å²) in [5.74, 6) is 0.913. The molecule has 0 saturated heterocycles. The monoisotopic (exact) mass is 224 g/mol. The average Bonchev–Trinajstić information content (AvgIpc) is 2.76. The van der Waals surface area contributed by atoms with Crippen LogP contribution < -0.4 is 10.2 Å². The largest absolute Gasteiger partial charge is 0.345 e. The predicted octanol–water partition coefficient (Wildman–Crippen LogP) is 0.758. The van der Waals surface area contributed by atoms with Gasteiger partial charge in [-0.1, -0.05) is 11.3 Å². The summed E-state index contributed by atoms with van der Waals surface area (Å²) in [6.07, 6.45) is 1.80. The topological polar surface area (TPSA) is 73.6 Å². The second kappa shape index (κ2) is 4.41. The Morgan fingerprint density at radius 3 is 2.80 bits per heavy atom. The minimum absolute atomic E-state index is 0.0100. The molecule has 80 valence electrons. The zero-order valence-electron chi connectivity index (χ0n) is 8.33. The number of thiazole rings is 1. The van der Waals surface area contributed by atoms with E-state index >= 15 is 0 Å². The molecule has 0 amide bonds. The second-order valence-electron chi connectivity index (χ2n) is 3.27. The van der Waals surface area contributed by atoms with E-state index in [9.17, 15) is 4.79 Å². The minimum atomic E-state index is -0.0100. The molecule has 6 heteroatoms. The van der Waals surface area contributed by atoms with Crippen molar-refractivity contribution < 1.29 is 0 Å². The lowest BCUT2D eigenvalue weighted by Crippen LogP contribution is -2.14. The summed E-state index contributed by atoms with van der Waals surface area (Å²) < 4.78 is 0. The van der Waals surface area contributed by atoms with Gasteiger partial charge in [-0.2, -0.15) is 0 Å². The fraction of sp³-hybridized carbons (Fsp3) is 0.333. The van der Waals surface area contributed by atoms with Gasteiger partial charge in [-0.05, 0) is 6.92 Å². The number of aromatic nitrogens is 3. The highest BCUT2D eigenvalue weighted by Gasteiger charge is 1.98. The Bertz CT molecular complexity index is 484. The standard InChI is InChI=1S/C9H12N4OS/c1-6-11-4-7(12-6)2-10-3-8-5-15-9(14)13-8/h4-5,10H,2-3H2,1H3,(H,11,12)(H,13,14). The summed E-state index contributed by atoms with van der Waals surface area (Å²) in [7, 11) is 0. The molecule has 0 aliphatic heterocycles. The van der Waals surface area contributed by atoms with Crippen LogP contribution in [0.15, 0.2) is 16.4 Å². The van der Waals surface area contributed by atoms with Crippen molar-refractivity contribution in [3.63, 3.8) is 0 Å². The van der Waals surface area contributed by atoms with Gasteiger partial charge in [0, 0.05) is 36.1 Å². The van der Waals surface area contributed by atoms with E-state index in [1.165, 1.54) is 11.3 Å². The number of nitrogens with zero attached hydrogens (tertiary/aromatic N) is 1. The van der Waals surface area contributed by atoms with E-state index in [-0.39, 0.29) is 4.87 Å². The molecule has 2 heterocycles. The summed E-state index contributed by atoms with van der Waals surface area (Å²) in [4.78, 5) is 20.8. The normalized spacial score (nSPS) is 10.7. The number of imidazole rings is 1. The molecular formula is C9H12N4OS. The van der Waals surface area contributed by atoms with Crippen LogP contribution in [0, 0.1) is 6.92 Å². The van der Waals surface area contributed by atoms with Crippen molar-refractivity contribution in [3.05, 3.63) is 38.5 Å². The molecular weight excluding hydrogens is 212 g/mol. The van der Waals surface area contributed by atoms with Crippen LogP contribution in [-0.4, -0.2) is 15.0 Å². The molecule has 0 bridgehead atoms. The lowest BCUT2D eigenvalue weighted by Gasteiger charge is -1.99. The SMILES string of the molecule is Cc1ncc(CNCc2csc(=O)[nH]2)[nH]1. The zero-order valence-corrected chi connectivity index (χ0v) is 9.15. The maximum absolute atomic E-state index is 10.8. The summed E-state index contributed by atoms with van der Waals surface area (Å²) in [6, 6.07) is 0. The van der Waals surface area contributed by atoms with Gasteiger partial charge < -0.3 is 15.3 Å². The molecule has 2 rings (SSSR count). The molecule has 15 heavy (non-hydrogen) atoms. The van der Waals surface area contributed by atoms with E-state index in [0.717, 1.165) is 23.8 Å². The first-order valence-corrected chi connectivity index (χ1v) is 5.50. The highest BCUT2D eigenvalue weighted by atomic mass is 32.1. The van der Waals surface area contributed by atoms with Crippen molar-refractivity contribution >= 4 is 11.3 Å². The third kappa shape index (κ3) is 2.77. The Balaban J connectivity index is 1.82. The zero-order chi connectivity index (χ0) is 10.7. The molecule has 0 fully saturated rings. The summed E-state index contributed by atoms with van der Waals surface area (Å²) in [5, 5.41) is 5.04. The number of aryl methyl sites for hydroxylation is 1. The van der Waals surface area contributed by atoms with Crippen molar-refractivity contribution in [2.75, 3.05) is 0 Å². The van der Waals surface area contributed by atoms with Gasteiger partial charge in [0.05, 0.1) is 0 Å². The van der Waals surface area contributed by atoms with Crippen LogP contribution in [0.4, 0.5) is 0 Å². The fourth-order valence-electron chi connectivity index (χ4n) is 1.29. The van der Waals surface area contributed by atoms with Gasteiger partial charge in [0.2, 0.25) is 0 Å². The summed E-state index contributed by atoms with van der Waals surface area (Å²) in [5.41, 5.74) is 1.96. The van der Waals surface area contributed by atoms with Gasteiger partial charge in [0.1, 0.15) is 5.82 Å². The molecule has 0 aromatic carbocycles. The Morgan fingerprint density at radius 2 is 2.20 bits per heavy atom. The Morgan fingerprint density at radius 1 is 1.40 bits per heavy atom. The van der Waals surface area contributed by atoms with Crippen LogP contribution in [0.25, 0.3) is 0 Å². The molecule has 3 N–H and O–H groups in total. The molecule has 0 radical (unpaired) electrons. The first kappa shape index (κ1) is 10.1. The highest BCUT2D eigenvalue weighted by molar-refractivity contribution is 7.07. The quantitative estimate of drug-likeness (QED) is 0.717. The molecule has 0 unspecified atom stereocenters. The molecule has 2 aromatic heterocycles. The number of aromatic amines is 2. The molecule has 0 saturated carbocycles. The first-order chi connectivity index (χ1) is 7.24. The Kier molecular flexibility index (Phi) is 2.98. The maximum Gasteiger partial charge on any atom is 0.304 e. The van der Waals surface area contributed by atoms with Crippen molar-refractivity contribution in [2.45, 2.75) is 20.0 Å². The van der Waals surface area contributed by atoms with Gasteiger partial charge in [0.25, 0.3) is 0 Å². The van der Waals surface area contributed by atoms with Crippen molar-refractivity contribution in [1.29, 1.82) is 0 Å². The molecule has 2 aromatic rings. The average molecular weight is 224 g/mol. The predicted molar refractivity (Wildman–Crippen MR) is 58.8 cm³/mol. The van der Waals surface area contributed by atoms with Gasteiger partial charge >= 0.3 is 4.87 Å². The van der Waals surface area contributed by atoms with E-state index in [0.29, 0.717) is 6.54 Å². The van der Waals surface area contributed by atoms with E-state index in [1.807, 2.05) is 12.3 Å². The maximum atomic E-state index is 10.8. The van der Waals surface area contributed by atoms with Crippen LogP contribution in [-0.2, 0) is 13.1 Å². The van der Waals surface area contributed by atoms with Gasteiger partial charge in [-0.25, -0.2) is 4.98 Å². The Labute approximate surface area is 90.6 Å². The van der Waals surface area contributed by atoms with Crippen LogP contribution in [0.1, 0.15) is 17.2 Å². The lowest BCUT2D eigenvalue weighted by atomic mass is 10.4. The summed E-state index contributed by atoms with van der Waals surface area (Å²) >= 11 is 1.18. The first-order valence-electron chi connectivity index (χ1n) is 4.62. The molecule has 5 nitrogen and oxygen atoms in total. The number of H-pyrrole nitrogens is 2. The lowest BCUT2D eigenvalue weighted by molar-refractivity contribution is 0.671. The van der Waals surface area contributed by atoms with Crippen molar-refractivity contribution in [1.82, 2.24) is 20.3 Å².